The summed E-state index contributed by atoms with van der Waals surface area (Å²) < 4.78 is 11.9. The van der Waals surface area contributed by atoms with Gasteiger partial charge in [-0.25, -0.2) is 0 Å². The lowest BCUT2D eigenvalue weighted by Crippen LogP contribution is -2.41. The maximum Gasteiger partial charge on any atom is 0.496 e. The highest BCUT2D eigenvalue weighted by Crippen LogP contribution is 2.38. The Morgan fingerprint density at radius 2 is 1.89 bits per heavy atom. The van der Waals surface area contributed by atoms with Crippen LogP contribution in [0.15, 0.2) is 16.5 Å². The predicted octanol–water partition coefficient (Wildman–Crippen LogP) is 1.18. The van der Waals surface area contributed by atoms with E-state index in [0.717, 1.165) is 5.47 Å². The third kappa shape index (κ3) is 2.16. The summed E-state index contributed by atoms with van der Waals surface area (Å²) in [5.74, 6) is -0.191. The molecule has 1 saturated heterocycles. The van der Waals surface area contributed by atoms with Crippen molar-refractivity contribution in [3.05, 3.63) is 11.5 Å². The molecular weight excluding hydrogens is 229 g/mol. The molecule has 0 radical (unpaired) electrons. The van der Waals surface area contributed by atoms with Gasteiger partial charge in [-0.15, -0.1) is 0 Å². The molecule has 3 N–H and O–H groups in total. The van der Waals surface area contributed by atoms with Gasteiger partial charge in [-0.1, -0.05) is 6.08 Å². The lowest BCUT2D eigenvalue weighted by Gasteiger charge is -2.32. The predicted molar refractivity (Wildman–Crippen MR) is 72.9 cm³/mol. The molecule has 2 rings (SSSR count). The molecule has 18 heavy (non-hydrogen) atoms. The summed E-state index contributed by atoms with van der Waals surface area (Å²) in [5.41, 5.74) is 5.88. The Bertz CT molecular complexity index is 402. The second kappa shape index (κ2) is 4.29. The molecule has 2 atom stereocenters. The van der Waals surface area contributed by atoms with E-state index in [1.807, 2.05) is 33.8 Å². The van der Waals surface area contributed by atoms with Crippen LogP contribution in [0.25, 0.3) is 0 Å². The van der Waals surface area contributed by atoms with Gasteiger partial charge in [-0.3, -0.25) is 4.99 Å². The first-order chi connectivity index (χ1) is 8.27. The SMILES string of the molecule is CC1(C)OB(C2=CC(C=N)C(N)N=C2)OC1(C)C. The number of dihydropyridines is 1. The van der Waals surface area contributed by atoms with Crippen molar-refractivity contribution in [3.8, 4) is 0 Å². The van der Waals surface area contributed by atoms with E-state index in [9.17, 15) is 0 Å². The highest BCUT2D eigenvalue weighted by Gasteiger charge is 2.52. The van der Waals surface area contributed by atoms with Crippen molar-refractivity contribution in [2.24, 2.45) is 16.6 Å². The molecule has 0 aliphatic carbocycles. The lowest BCUT2D eigenvalue weighted by atomic mass is 9.76. The molecule has 2 unspecified atom stereocenters. The Hall–Kier alpha value is -0.975. The minimum Gasteiger partial charge on any atom is -0.399 e. The number of nitrogens with two attached hydrogens (primary N) is 1. The maximum atomic E-state index is 7.34. The van der Waals surface area contributed by atoms with Crippen molar-refractivity contribution in [1.29, 1.82) is 5.41 Å². The monoisotopic (exact) mass is 249 g/mol. The third-order valence-corrected chi connectivity index (χ3v) is 3.89. The Morgan fingerprint density at radius 3 is 2.39 bits per heavy atom. The van der Waals surface area contributed by atoms with E-state index in [4.69, 9.17) is 20.5 Å². The first-order valence-electron chi connectivity index (χ1n) is 6.13. The zero-order chi connectivity index (χ0) is 13.6. The number of rotatable bonds is 2. The second-order valence-corrected chi connectivity index (χ2v) is 5.77. The quantitative estimate of drug-likeness (QED) is 0.569. The lowest BCUT2D eigenvalue weighted by molar-refractivity contribution is 0.00578. The van der Waals surface area contributed by atoms with Crippen molar-refractivity contribution >= 4 is 19.5 Å². The number of aliphatic imine (C=N–C) groups is 1. The number of nitrogens with zero attached hydrogens (tertiary/aromatic N) is 1. The van der Waals surface area contributed by atoms with Crippen LogP contribution in [0.2, 0.25) is 0 Å². The average molecular weight is 249 g/mol. The van der Waals surface area contributed by atoms with Crippen molar-refractivity contribution in [2.75, 3.05) is 0 Å². The summed E-state index contributed by atoms with van der Waals surface area (Å²) in [6.07, 6.45) is 4.50. The smallest absolute Gasteiger partial charge is 0.399 e. The van der Waals surface area contributed by atoms with E-state index >= 15 is 0 Å². The Kier molecular flexibility index (Phi) is 3.21. The fourth-order valence-electron chi connectivity index (χ4n) is 1.90. The molecule has 2 aliphatic rings. The number of nitrogens with one attached hydrogen (secondary N) is 1. The van der Waals surface area contributed by atoms with Gasteiger partial charge in [0.05, 0.1) is 11.2 Å². The van der Waals surface area contributed by atoms with E-state index in [-0.39, 0.29) is 23.3 Å². The Morgan fingerprint density at radius 1 is 1.33 bits per heavy atom. The molecule has 5 nitrogen and oxygen atoms in total. The van der Waals surface area contributed by atoms with Gasteiger partial charge in [-0.2, -0.15) is 0 Å². The van der Waals surface area contributed by atoms with Gasteiger partial charge in [0.15, 0.2) is 0 Å². The summed E-state index contributed by atoms with van der Waals surface area (Å²) in [6, 6.07) is 0. The van der Waals surface area contributed by atoms with Crippen molar-refractivity contribution in [3.63, 3.8) is 0 Å². The van der Waals surface area contributed by atoms with Crippen LogP contribution >= 0.6 is 0 Å². The molecule has 0 aromatic carbocycles. The van der Waals surface area contributed by atoms with Crippen LogP contribution in [-0.2, 0) is 9.31 Å². The van der Waals surface area contributed by atoms with E-state index in [1.54, 1.807) is 6.21 Å². The van der Waals surface area contributed by atoms with Gasteiger partial charge >= 0.3 is 7.12 Å². The summed E-state index contributed by atoms with van der Waals surface area (Å²) in [4.78, 5) is 4.18. The van der Waals surface area contributed by atoms with Crippen LogP contribution in [0, 0.1) is 11.3 Å². The summed E-state index contributed by atoms with van der Waals surface area (Å²) in [6.45, 7) is 8.03. The largest absolute Gasteiger partial charge is 0.496 e. The normalized spacial score (nSPS) is 33.4. The molecule has 98 valence electrons. The maximum absolute atomic E-state index is 7.34. The van der Waals surface area contributed by atoms with E-state index in [1.165, 1.54) is 6.21 Å². The van der Waals surface area contributed by atoms with Crippen LogP contribution < -0.4 is 5.73 Å². The van der Waals surface area contributed by atoms with Gasteiger partial charge < -0.3 is 20.5 Å². The molecule has 2 aliphatic heterocycles. The summed E-state index contributed by atoms with van der Waals surface area (Å²) in [7, 11) is -0.436. The fourth-order valence-corrected chi connectivity index (χ4v) is 1.90. The molecule has 6 heteroatoms. The van der Waals surface area contributed by atoms with Crippen LogP contribution in [0.5, 0.6) is 0 Å². The van der Waals surface area contributed by atoms with Crippen LogP contribution in [-0.4, -0.2) is 36.9 Å². The minimum absolute atomic E-state index is 0.191. The first-order valence-corrected chi connectivity index (χ1v) is 6.13. The first kappa shape index (κ1) is 13.5. The molecule has 0 aromatic heterocycles. The van der Waals surface area contributed by atoms with E-state index in [2.05, 4.69) is 4.99 Å². The number of allylic oxidation sites excluding steroid dienone is 1. The molecule has 0 amide bonds. The van der Waals surface area contributed by atoms with Crippen LogP contribution in [0.3, 0.4) is 0 Å². The topological polar surface area (TPSA) is 80.7 Å². The third-order valence-electron chi connectivity index (χ3n) is 3.89. The van der Waals surface area contributed by atoms with E-state index < -0.39 is 7.12 Å². The molecule has 0 spiro atoms. The molecule has 1 fully saturated rings. The van der Waals surface area contributed by atoms with Gasteiger partial charge in [0, 0.05) is 18.3 Å². The summed E-state index contributed by atoms with van der Waals surface area (Å²) >= 11 is 0. The average Bonchev–Trinajstić information content (AvgIpc) is 2.49. The Balaban J connectivity index is 2.20. The molecule has 0 bridgehead atoms. The van der Waals surface area contributed by atoms with Crippen molar-refractivity contribution in [1.82, 2.24) is 0 Å². The fraction of sp³-hybridized carbons (Fsp3) is 0.667. The molecule has 0 saturated carbocycles. The minimum atomic E-state index is -0.436. The van der Waals surface area contributed by atoms with Crippen LogP contribution in [0.1, 0.15) is 27.7 Å². The van der Waals surface area contributed by atoms with Gasteiger partial charge in [0.1, 0.15) is 6.17 Å². The van der Waals surface area contributed by atoms with Crippen molar-refractivity contribution in [2.45, 2.75) is 45.1 Å². The standard InChI is InChI=1S/C12H20BN3O2/c1-11(2)12(3,4)18-13(17-11)9-5-8(6-14)10(15)16-7-9/h5-8,10,14H,15H2,1-4H3. The molecule has 2 heterocycles. The second-order valence-electron chi connectivity index (χ2n) is 5.77. The molecular formula is C12H20BN3O2. The zero-order valence-corrected chi connectivity index (χ0v) is 11.3. The highest BCUT2D eigenvalue weighted by atomic mass is 16.7. The Labute approximate surface area is 108 Å². The zero-order valence-electron chi connectivity index (χ0n) is 11.3. The number of hydrogen-bond acceptors (Lipinski definition) is 5. The summed E-state index contributed by atoms with van der Waals surface area (Å²) in [5, 5.41) is 7.34. The van der Waals surface area contributed by atoms with Crippen LogP contribution in [0.4, 0.5) is 0 Å². The molecule has 0 aromatic rings. The highest BCUT2D eigenvalue weighted by molar-refractivity contribution is 6.60. The number of hydrogen-bond donors (Lipinski definition) is 2. The van der Waals surface area contributed by atoms with Crippen molar-refractivity contribution < 1.29 is 9.31 Å². The van der Waals surface area contributed by atoms with Gasteiger partial charge in [-0.05, 0) is 33.2 Å². The van der Waals surface area contributed by atoms with E-state index in [0.29, 0.717) is 0 Å². The van der Waals surface area contributed by atoms with Gasteiger partial charge in [0.2, 0.25) is 0 Å². The van der Waals surface area contributed by atoms with Gasteiger partial charge in [0.25, 0.3) is 0 Å².